The van der Waals surface area contributed by atoms with Crippen molar-refractivity contribution in [1.29, 1.82) is 0 Å². The Hall–Kier alpha value is -0.900. The maximum atomic E-state index is 9.60. The SMILES string of the molecule is CCOCC[C@H]1CC[C@@H]2C(CC[C@@]3(C)C2CCC3[C@@H](C)N[C@H](C)c2ccccc2)[C@H]1CCCO. The highest BCUT2D eigenvalue weighted by molar-refractivity contribution is 5.18. The van der Waals surface area contributed by atoms with Crippen LogP contribution in [0.5, 0.6) is 0 Å². The summed E-state index contributed by atoms with van der Waals surface area (Å²) in [5, 5.41) is 13.6. The molecule has 0 saturated heterocycles. The van der Waals surface area contributed by atoms with Gasteiger partial charge in [-0.1, -0.05) is 37.3 Å². The molecule has 192 valence electrons. The number of benzene rings is 1. The monoisotopic (exact) mass is 469 g/mol. The molecular formula is C31H51NO2. The van der Waals surface area contributed by atoms with E-state index in [0.29, 0.717) is 24.1 Å². The van der Waals surface area contributed by atoms with Gasteiger partial charge in [0.25, 0.3) is 0 Å². The van der Waals surface area contributed by atoms with Gasteiger partial charge in [0.15, 0.2) is 0 Å². The molecule has 1 aromatic rings. The maximum absolute atomic E-state index is 9.60. The normalized spacial score (nSPS) is 37.1. The smallest absolute Gasteiger partial charge is 0.0468 e. The molecule has 3 unspecified atom stereocenters. The third-order valence-electron chi connectivity index (χ3n) is 10.5. The van der Waals surface area contributed by atoms with Gasteiger partial charge < -0.3 is 15.2 Å². The molecule has 9 atom stereocenters. The lowest BCUT2D eigenvalue weighted by Crippen LogP contribution is -2.50. The average Bonchev–Trinajstić information content (AvgIpc) is 3.21. The van der Waals surface area contributed by atoms with Crippen LogP contribution in [0, 0.1) is 40.9 Å². The van der Waals surface area contributed by atoms with E-state index in [4.69, 9.17) is 4.74 Å². The average molecular weight is 470 g/mol. The van der Waals surface area contributed by atoms with Crippen molar-refractivity contribution in [2.75, 3.05) is 19.8 Å². The summed E-state index contributed by atoms with van der Waals surface area (Å²) in [6, 6.07) is 11.9. The minimum Gasteiger partial charge on any atom is -0.396 e. The Labute approximate surface area is 209 Å². The lowest BCUT2D eigenvalue weighted by molar-refractivity contribution is -0.0637. The van der Waals surface area contributed by atoms with E-state index in [1.54, 1.807) is 0 Å². The van der Waals surface area contributed by atoms with E-state index in [1.165, 1.54) is 56.9 Å². The summed E-state index contributed by atoms with van der Waals surface area (Å²) in [7, 11) is 0. The van der Waals surface area contributed by atoms with Gasteiger partial charge in [0, 0.05) is 31.9 Å². The second-order valence-corrected chi connectivity index (χ2v) is 12.1. The van der Waals surface area contributed by atoms with E-state index in [2.05, 4.69) is 63.3 Å². The van der Waals surface area contributed by atoms with Gasteiger partial charge in [0.1, 0.15) is 0 Å². The van der Waals surface area contributed by atoms with Crippen molar-refractivity contribution in [2.45, 2.75) is 97.6 Å². The molecule has 3 nitrogen and oxygen atoms in total. The highest BCUT2D eigenvalue weighted by Crippen LogP contribution is 2.64. The molecule has 0 aromatic heterocycles. The molecule has 3 aliphatic rings. The van der Waals surface area contributed by atoms with E-state index in [9.17, 15) is 5.11 Å². The highest BCUT2D eigenvalue weighted by atomic mass is 16.5. The molecule has 4 rings (SSSR count). The fraction of sp³-hybridized carbons (Fsp3) is 0.806. The van der Waals surface area contributed by atoms with Crippen molar-refractivity contribution in [3.05, 3.63) is 35.9 Å². The van der Waals surface area contributed by atoms with Crippen LogP contribution >= 0.6 is 0 Å². The maximum Gasteiger partial charge on any atom is 0.0468 e. The summed E-state index contributed by atoms with van der Waals surface area (Å²) in [4.78, 5) is 0. The molecule has 3 aliphatic carbocycles. The van der Waals surface area contributed by atoms with Crippen molar-refractivity contribution < 1.29 is 9.84 Å². The largest absolute Gasteiger partial charge is 0.396 e. The molecule has 1 aromatic carbocycles. The van der Waals surface area contributed by atoms with Crippen molar-refractivity contribution in [1.82, 2.24) is 5.32 Å². The second kappa shape index (κ2) is 11.9. The van der Waals surface area contributed by atoms with E-state index < -0.39 is 0 Å². The van der Waals surface area contributed by atoms with Crippen LogP contribution in [0.3, 0.4) is 0 Å². The van der Waals surface area contributed by atoms with Crippen LogP contribution in [0.15, 0.2) is 30.3 Å². The van der Waals surface area contributed by atoms with Gasteiger partial charge in [0.05, 0.1) is 0 Å². The summed E-state index contributed by atoms with van der Waals surface area (Å²) in [5.74, 6) is 5.02. The fourth-order valence-corrected chi connectivity index (χ4v) is 8.96. The summed E-state index contributed by atoms with van der Waals surface area (Å²) >= 11 is 0. The lowest BCUT2D eigenvalue weighted by atomic mass is 9.50. The van der Waals surface area contributed by atoms with Crippen molar-refractivity contribution in [3.8, 4) is 0 Å². The minimum absolute atomic E-state index is 0.345. The van der Waals surface area contributed by atoms with Crippen LogP contribution in [0.4, 0.5) is 0 Å². The third kappa shape index (κ3) is 5.42. The number of fused-ring (bicyclic) bond motifs is 3. The zero-order valence-corrected chi connectivity index (χ0v) is 22.3. The van der Waals surface area contributed by atoms with Gasteiger partial charge in [-0.25, -0.2) is 0 Å². The van der Waals surface area contributed by atoms with E-state index in [1.807, 2.05) is 0 Å². The van der Waals surface area contributed by atoms with Gasteiger partial charge in [-0.05, 0) is 125 Å². The van der Waals surface area contributed by atoms with Crippen molar-refractivity contribution in [2.24, 2.45) is 40.9 Å². The van der Waals surface area contributed by atoms with Crippen LogP contribution in [0.25, 0.3) is 0 Å². The molecule has 0 amide bonds. The zero-order valence-electron chi connectivity index (χ0n) is 22.3. The van der Waals surface area contributed by atoms with Crippen LogP contribution in [-0.2, 0) is 4.74 Å². The lowest BCUT2D eigenvalue weighted by Gasteiger charge is -2.55. The van der Waals surface area contributed by atoms with Crippen molar-refractivity contribution >= 4 is 0 Å². The number of aliphatic hydroxyl groups excluding tert-OH is 1. The number of hydrogen-bond acceptors (Lipinski definition) is 3. The molecule has 0 spiro atoms. The van der Waals surface area contributed by atoms with Gasteiger partial charge in [-0.2, -0.15) is 0 Å². The van der Waals surface area contributed by atoms with Gasteiger partial charge >= 0.3 is 0 Å². The molecular weight excluding hydrogens is 418 g/mol. The van der Waals surface area contributed by atoms with Gasteiger partial charge in [0.2, 0.25) is 0 Å². The Kier molecular flexibility index (Phi) is 9.15. The summed E-state index contributed by atoms with van der Waals surface area (Å²) in [6.45, 7) is 11.6. The molecule has 3 saturated carbocycles. The molecule has 2 N–H and O–H groups in total. The zero-order chi connectivity index (χ0) is 24.1. The molecule has 0 aliphatic heterocycles. The van der Waals surface area contributed by atoms with Crippen LogP contribution in [0.2, 0.25) is 0 Å². The predicted molar refractivity (Wildman–Crippen MR) is 142 cm³/mol. The standard InChI is InChI=1S/C31H51NO2/c1-5-34-21-18-25-13-14-28-27(26(25)12-9-20-33)17-19-31(4)29(15-16-30(28)31)23(3)32-22(2)24-10-7-6-8-11-24/h6-8,10-11,22-23,25-30,32-33H,5,9,12-21H2,1-4H3/t22-,23-,25-,26+,27?,28-,29?,30?,31-/m1/s1. The Morgan fingerprint density at radius 3 is 2.56 bits per heavy atom. The van der Waals surface area contributed by atoms with E-state index in [0.717, 1.165) is 55.1 Å². The Bertz CT molecular complexity index is 738. The molecule has 34 heavy (non-hydrogen) atoms. The first kappa shape index (κ1) is 26.2. The van der Waals surface area contributed by atoms with Gasteiger partial charge in [-0.15, -0.1) is 0 Å². The number of hydrogen-bond donors (Lipinski definition) is 2. The third-order valence-corrected chi connectivity index (χ3v) is 10.5. The molecule has 3 fully saturated rings. The number of nitrogens with one attached hydrogen (secondary N) is 1. The minimum atomic E-state index is 0.345. The Morgan fingerprint density at radius 1 is 1.03 bits per heavy atom. The number of aliphatic hydroxyl groups is 1. The first-order valence-corrected chi connectivity index (χ1v) is 14.5. The fourth-order valence-electron chi connectivity index (χ4n) is 8.96. The first-order chi connectivity index (χ1) is 16.5. The Morgan fingerprint density at radius 2 is 1.82 bits per heavy atom. The Balaban J connectivity index is 1.43. The van der Waals surface area contributed by atoms with Gasteiger partial charge in [-0.3, -0.25) is 0 Å². The summed E-state index contributed by atoms with van der Waals surface area (Å²) in [6.07, 6.45) is 11.8. The molecule has 0 radical (unpaired) electrons. The second-order valence-electron chi connectivity index (χ2n) is 12.1. The van der Waals surface area contributed by atoms with Crippen LogP contribution in [0.1, 0.15) is 97.1 Å². The highest BCUT2D eigenvalue weighted by Gasteiger charge is 2.57. The van der Waals surface area contributed by atoms with E-state index >= 15 is 0 Å². The predicted octanol–water partition coefficient (Wildman–Crippen LogP) is 7.01. The first-order valence-electron chi connectivity index (χ1n) is 14.5. The summed E-state index contributed by atoms with van der Waals surface area (Å²) < 4.78 is 5.76. The molecule has 0 bridgehead atoms. The summed E-state index contributed by atoms with van der Waals surface area (Å²) in [5.41, 5.74) is 1.87. The quantitative estimate of drug-likeness (QED) is 0.343. The number of rotatable bonds is 11. The number of ether oxygens (including phenoxy) is 1. The van der Waals surface area contributed by atoms with Crippen molar-refractivity contribution in [3.63, 3.8) is 0 Å². The van der Waals surface area contributed by atoms with Crippen LogP contribution < -0.4 is 5.32 Å². The van der Waals surface area contributed by atoms with Crippen LogP contribution in [-0.4, -0.2) is 31.0 Å². The molecule has 0 heterocycles. The topological polar surface area (TPSA) is 41.5 Å². The molecule has 3 heteroatoms. The van der Waals surface area contributed by atoms with E-state index in [-0.39, 0.29) is 0 Å².